The second-order valence-corrected chi connectivity index (χ2v) is 10.6. The minimum Gasteiger partial charge on any atom is -0.481 e. The highest BCUT2D eigenvalue weighted by Gasteiger charge is 2.46. The molecule has 0 bridgehead atoms. The molecule has 0 aliphatic carbocycles. The Morgan fingerprint density at radius 2 is 1.68 bits per heavy atom. The highest BCUT2D eigenvalue weighted by molar-refractivity contribution is 6.32. The summed E-state index contributed by atoms with van der Waals surface area (Å²) < 4.78 is 15.0. The molecule has 12 heteroatoms. The molecule has 1 fully saturated rings. The number of benzene rings is 2. The van der Waals surface area contributed by atoms with Crippen LogP contribution in [0.5, 0.6) is 0 Å². The van der Waals surface area contributed by atoms with Crippen molar-refractivity contribution < 1.29 is 23.9 Å². The molecule has 3 N–H and O–H groups in total. The molecule has 1 aliphatic heterocycles. The molecule has 2 amide bonds. The Kier molecular flexibility index (Phi) is 7.79. The molecule has 0 spiro atoms. The van der Waals surface area contributed by atoms with Crippen LogP contribution < -0.4 is 5.73 Å². The number of primary amides is 1. The lowest BCUT2D eigenvalue weighted by Gasteiger charge is -2.38. The number of carbonyl (C=O) groups excluding carboxylic acids is 2. The zero-order valence-corrected chi connectivity index (χ0v) is 23.1. The van der Waals surface area contributed by atoms with Crippen molar-refractivity contribution in [3.05, 3.63) is 99.7 Å². The smallest absolute Gasteiger partial charge is 0.315 e. The van der Waals surface area contributed by atoms with Crippen molar-refractivity contribution in [1.82, 2.24) is 19.7 Å². The quantitative estimate of drug-likeness (QED) is 0.319. The first-order chi connectivity index (χ1) is 19.6. The summed E-state index contributed by atoms with van der Waals surface area (Å²) in [5.41, 5.74) is 6.32. The monoisotopic (exact) mass is 595 g/mol. The maximum absolute atomic E-state index is 14.0. The van der Waals surface area contributed by atoms with E-state index in [2.05, 4.69) is 10.1 Å². The number of aliphatic carboxylic acids is 1. The molecule has 5 rings (SSSR count). The number of carboxylic acid groups (broad SMARTS) is 1. The van der Waals surface area contributed by atoms with Crippen LogP contribution in [-0.2, 0) is 21.4 Å². The van der Waals surface area contributed by atoms with Crippen molar-refractivity contribution in [2.75, 3.05) is 13.1 Å². The topological polar surface area (TPSA) is 131 Å². The molecule has 2 aromatic carbocycles. The standard InChI is InChI=1S/C29H24Cl2FN5O4/c30-18-7-5-17(6-8-18)26-20(15-24(33)38)25(35-37(26)22-4-2-1-3-21(22)31)27(39)36-13-11-29(12-14-36,28(40)41)23-10-9-19(32)16-34-23/h1-10,16H,11-15H2,(H2,33,38)(H,40,41). The molecule has 0 saturated carbocycles. The molecule has 4 aromatic rings. The molecule has 1 saturated heterocycles. The number of hydrogen-bond acceptors (Lipinski definition) is 5. The van der Waals surface area contributed by atoms with E-state index in [4.69, 9.17) is 28.9 Å². The molecule has 1 aliphatic rings. The van der Waals surface area contributed by atoms with E-state index in [0.29, 0.717) is 32.6 Å². The number of piperidine rings is 1. The first kappa shape index (κ1) is 28.3. The van der Waals surface area contributed by atoms with Crippen LogP contribution in [0.25, 0.3) is 16.9 Å². The van der Waals surface area contributed by atoms with E-state index in [-0.39, 0.29) is 43.7 Å². The van der Waals surface area contributed by atoms with Gasteiger partial charge < -0.3 is 15.7 Å². The average Bonchev–Trinajstić information content (AvgIpc) is 3.31. The van der Waals surface area contributed by atoms with Gasteiger partial charge in [0.1, 0.15) is 11.2 Å². The van der Waals surface area contributed by atoms with Crippen molar-refractivity contribution in [1.29, 1.82) is 0 Å². The molecule has 210 valence electrons. The van der Waals surface area contributed by atoms with Crippen LogP contribution in [0.4, 0.5) is 4.39 Å². The lowest BCUT2D eigenvalue weighted by molar-refractivity contribution is -0.146. The van der Waals surface area contributed by atoms with Crippen LogP contribution in [0.15, 0.2) is 66.9 Å². The summed E-state index contributed by atoms with van der Waals surface area (Å²) in [7, 11) is 0. The number of nitrogens with two attached hydrogens (primary N) is 1. The number of aromatic nitrogens is 3. The van der Waals surface area contributed by atoms with Gasteiger partial charge in [-0.1, -0.05) is 47.5 Å². The second kappa shape index (κ2) is 11.3. The van der Waals surface area contributed by atoms with Gasteiger partial charge in [-0.05, 0) is 49.2 Å². The summed E-state index contributed by atoms with van der Waals surface area (Å²) >= 11 is 12.6. The van der Waals surface area contributed by atoms with Gasteiger partial charge in [0.05, 0.1) is 34.7 Å². The molecular weight excluding hydrogens is 572 g/mol. The Morgan fingerprint density at radius 1 is 1.00 bits per heavy atom. The van der Waals surface area contributed by atoms with E-state index < -0.39 is 29.0 Å². The maximum Gasteiger partial charge on any atom is 0.315 e. The second-order valence-electron chi connectivity index (χ2n) is 9.73. The third kappa shape index (κ3) is 5.40. The number of carboxylic acids is 1. The molecule has 2 aromatic heterocycles. The van der Waals surface area contributed by atoms with E-state index >= 15 is 0 Å². The summed E-state index contributed by atoms with van der Waals surface area (Å²) in [5.74, 6) is -2.84. The fraction of sp³-hybridized carbons (Fsp3) is 0.207. The fourth-order valence-corrected chi connectivity index (χ4v) is 5.49. The number of amides is 2. The first-order valence-electron chi connectivity index (χ1n) is 12.7. The Labute approximate surface area is 244 Å². The zero-order valence-electron chi connectivity index (χ0n) is 21.6. The summed E-state index contributed by atoms with van der Waals surface area (Å²) in [5, 5.41) is 15.6. The molecule has 0 radical (unpaired) electrons. The number of likely N-dealkylation sites (tertiary alicyclic amines) is 1. The van der Waals surface area contributed by atoms with Gasteiger partial charge >= 0.3 is 5.97 Å². The zero-order chi connectivity index (χ0) is 29.3. The van der Waals surface area contributed by atoms with E-state index in [1.54, 1.807) is 48.5 Å². The number of nitrogens with zero attached hydrogens (tertiary/aromatic N) is 4. The minimum atomic E-state index is -1.38. The third-order valence-corrected chi connectivity index (χ3v) is 7.84. The normalized spacial score (nSPS) is 14.6. The third-order valence-electron chi connectivity index (χ3n) is 7.27. The summed E-state index contributed by atoms with van der Waals surface area (Å²) in [4.78, 5) is 44.1. The van der Waals surface area contributed by atoms with Gasteiger partial charge in [0.15, 0.2) is 5.69 Å². The van der Waals surface area contributed by atoms with Gasteiger partial charge in [-0.25, -0.2) is 9.07 Å². The minimum absolute atomic E-state index is 0.00333. The molecule has 9 nitrogen and oxygen atoms in total. The van der Waals surface area contributed by atoms with Gasteiger partial charge in [-0.2, -0.15) is 5.10 Å². The Hall–Kier alpha value is -4.28. The number of carbonyl (C=O) groups is 3. The van der Waals surface area contributed by atoms with Gasteiger partial charge in [0.25, 0.3) is 5.91 Å². The van der Waals surface area contributed by atoms with E-state index in [0.717, 1.165) is 6.20 Å². The number of halogens is 3. The first-order valence-corrected chi connectivity index (χ1v) is 13.4. The van der Waals surface area contributed by atoms with Crippen LogP contribution in [0, 0.1) is 5.82 Å². The van der Waals surface area contributed by atoms with Crippen LogP contribution in [0.1, 0.15) is 34.6 Å². The highest BCUT2D eigenvalue weighted by Crippen LogP contribution is 2.37. The number of pyridine rings is 1. The Bertz CT molecular complexity index is 1630. The number of para-hydroxylation sites is 1. The Morgan fingerprint density at radius 3 is 2.27 bits per heavy atom. The Balaban J connectivity index is 1.57. The summed E-state index contributed by atoms with van der Waals surface area (Å²) in [6.45, 7) is 0.130. The van der Waals surface area contributed by atoms with Crippen molar-refractivity contribution >= 4 is 41.0 Å². The SMILES string of the molecule is NC(=O)Cc1c(C(=O)N2CCC(C(=O)O)(c3ccc(F)cn3)CC2)nn(-c2ccccc2Cl)c1-c1ccc(Cl)cc1. The predicted molar refractivity (Wildman–Crippen MR) is 151 cm³/mol. The van der Waals surface area contributed by atoms with Crippen molar-refractivity contribution in [3.8, 4) is 16.9 Å². The molecule has 0 atom stereocenters. The number of hydrogen-bond donors (Lipinski definition) is 2. The largest absolute Gasteiger partial charge is 0.481 e. The van der Waals surface area contributed by atoms with E-state index in [1.807, 2.05) is 0 Å². The lowest BCUT2D eigenvalue weighted by atomic mass is 9.75. The van der Waals surface area contributed by atoms with Gasteiger partial charge in [0, 0.05) is 29.2 Å². The van der Waals surface area contributed by atoms with Gasteiger partial charge in [0.2, 0.25) is 5.91 Å². The predicted octanol–water partition coefficient (Wildman–Crippen LogP) is 4.67. The fourth-order valence-electron chi connectivity index (χ4n) is 5.15. The van der Waals surface area contributed by atoms with E-state index in [9.17, 15) is 23.9 Å². The summed E-state index contributed by atoms with van der Waals surface area (Å²) in [6, 6.07) is 16.3. The van der Waals surface area contributed by atoms with Gasteiger partial charge in [-0.3, -0.25) is 19.4 Å². The highest BCUT2D eigenvalue weighted by atomic mass is 35.5. The summed E-state index contributed by atoms with van der Waals surface area (Å²) in [6.07, 6.45) is 0.795. The molecular formula is C29H24Cl2FN5O4. The van der Waals surface area contributed by atoms with E-state index in [1.165, 1.54) is 21.7 Å². The molecule has 3 heterocycles. The molecule has 41 heavy (non-hydrogen) atoms. The average molecular weight is 596 g/mol. The van der Waals surface area contributed by atoms with Gasteiger partial charge in [-0.15, -0.1) is 0 Å². The molecule has 0 unspecified atom stereocenters. The van der Waals surface area contributed by atoms with Crippen molar-refractivity contribution in [2.45, 2.75) is 24.7 Å². The van der Waals surface area contributed by atoms with Crippen LogP contribution in [-0.4, -0.2) is 55.6 Å². The lowest BCUT2D eigenvalue weighted by Crippen LogP contribution is -2.49. The van der Waals surface area contributed by atoms with Crippen LogP contribution in [0.3, 0.4) is 0 Å². The maximum atomic E-state index is 14.0. The van der Waals surface area contributed by atoms with Crippen molar-refractivity contribution in [2.24, 2.45) is 5.73 Å². The van der Waals surface area contributed by atoms with Crippen molar-refractivity contribution in [3.63, 3.8) is 0 Å². The van der Waals surface area contributed by atoms with Crippen LogP contribution >= 0.6 is 23.2 Å². The number of rotatable bonds is 7. The van der Waals surface area contributed by atoms with Crippen LogP contribution in [0.2, 0.25) is 10.0 Å².